The van der Waals surface area contributed by atoms with Crippen molar-refractivity contribution in [3.8, 4) is 16.8 Å². The van der Waals surface area contributed by atoms with E-state index >= 15 is 0 Å². The summed E-state index contributed by atoms with van der Waals surface area (Å²) in [5.41, 5.74) is 5.32. The molecular weight excluding hydrogens is 432 g/mol. The number of fused-ring (bicyclic) bond motifs is 4. The number of anilines is 1. The molecule has 5 rings (SSSR count). The molecule has 2 aromatic heterocycles. The van der Waals surface area contributed by atoms with Crippen LogP contribution in [0.2, 0.25) is 5.02 Å². The number of aryl methyl sites for hydroxylation is 1. The van der Waals surface area contributed by atoms with E-state index in [4.69, 9.17) is 11.6 Å². The minimum absolute atomic E-state index is 0.406. The SMILES string of the molecule is Cc1c(-c2cccc3c2cnn3[SH](C)(C)=O)cc(Cl)c2c1-n1c(C)nnc1C(C)(C)N2. The summed E-state index contributed by atoms with van der Waals surface area (Å²) in [6.07, 6.45) is 5.22. The van der Waals surface area contributed by atoms with Gasteiger partial charge in [-0.25, -0.2) is 4.09 Å². The summed E-state index contributed by atoms with van der Waals surface area (Å²) in [6, 6.07) is 7.96. The Morgan fingerprint density at radius 2 is 1.87 bits per heavy atom. The molecule has 1 aliphatic rings. The van der Waals surface area contributed by atoms with Gasteiger partial charge >= 0.3 is 0 Å². The number of nitrogens with one attached hydrogen (secondary N) is 1. The van der Waals surface area contributed by atoms with Crippen LogP contribution < -0.4 is 5.32 Å². The smallest absolute Gasteiger partial charge is 0.162 e. The number of rotatable bonds is 2. The predicted octanol–water partition coefficient (Wildman–Crippen LogP) is 4.25. The first-order chi connectivity index (χ1) is 14.5. The molecule has 1 N–H and O–H groups in total. The van der Waals surface area contributed by atoms with Crippen LogP contribution in [-0.4, -0.2) is 40.7 Å². The molecule has 0 saturated carbocycles. The van der Waals surface area contributed by atoms with E-state index in [2.05, 4.69) is 52.0 Å². The highest BCUT2D eigenvalue weighted by Crippen LogP contribution is 2.46. The Bertz CT molecular complexity index is 1430. The lowest BCUT2D eigenvalue weighted by molar-refractivity contribution is 0.535. The molecule has 0 aliphatic carbocycles. The Labute approximate surface area is 187 Å². The quantitative estimate of drug-likeness (QED) is 0.441. The van der Waals surface area contributed by atoms with Gasteiger partial charge in [-0.3, -0.25) is 8.78 Å². The fourth-order valence-electron chi connectivity index (χ4n) is 4.47. The lowest BCUT2D eigenvalue weighted by Crippen LogP contribution is -2.36. The van der Waals surface area contributed by atoms with Crippen LogP contribution in [0.1, 0.15) is 31.1 Å². The fraction of sp³-hybridized carbons (Fsp3) is 0.318. The second kappa shape index (κ2) is 6.40. The molecular formula is C22H25ClN6OS. The first-order valence-electron chi connectivity index (χ1n) is 10.1. The number of halogens is 1. The molecule has 162 valence electrons. The average Bonchev–Trinajstić information content (AvgIpc) is 3.29. The molecule has 0 saturated heterocycles. The minimum atomic E-state index is -2.58. The molecule has 1 aliphatic heterocycles. The summed E-state index contributed by atoms with van der Waals surface area (Å²) in [7, 11) is -2.58. The van der Waals surface area contributed by atoms with Crippen LogP contribution in [-0.2, 0) is 15.7 Å². The highest BCUT2D eigenvalue weighted by atomic mass is 35.5. The summed E-state index contributed by atoms with van der Waals surface area (Å²) in [5, 5.41) is 18.3. The number of thiol groups is 1. The van der Waals surface area contributed by atoms with E-state index in [-0.39, 0.29) is 0 Å². The predicted molar refractivity (Wildman–Crippen MR) is 128 cm³/mol. The van der Waals surface area contributed by atoms with Crippen molar-refractivity contribution in [1.29, 1.82) is 0 Å². The molecule has 0 spiro atoms. The maximum Gasteiger partial charge on any atom is 0.162 e. The van der Waals surface area contributed by atoms with Crippen molar-refractivity contribution >= 4 is 38.3 Å². The Balaban J connectivity index is 1.83. The van der Waals surface area contributed by atoms with E-state index in [1.165, 1.54) is 0 Å². The first-order valence-corrected chi connectivity index (χ1v) is 13.0. The van der Waals surface area contributed by atoms with Crippen molar-refractivity contribution in [2.75, 3.05) is 17.8 Å². The Morgan fingerprint density at radius 3 is 2.58 bits per heavy atom. The molecule has 0 bridgehead atoms. The van der Waals surface area contributed by atoms with Crippen LogP contribution in [0.5, 0.6) is 0 Å². The zero-order chi connectivity index (χ0) is 22.3. The van der Waals surface area contributed by atoms with E-state index in [1.807, 2.05) is 25.1 Å². The van der Waals surface area contributed by atoms with Gasteiger partial charge in [-0.15, -0.1) is 10.2 Å². The van der Waals surface area contributed by atoms with E-state index in [9.17, 15) is 4.21 Å². The number of nitrogens with zero attached hydrogens (tertiary/aromatic N) is 5. The number of benzene rings is 2. The molecule has 9 heteroatoms. The summed E-state index contributed by atoms with van der Waals surface area (Å²) < 4.78 is 16.4. The lowest BCUT2D eigenvalue weighted by Gasteiger charge is -2.35. The summed E-state index contributed by atoms with van der Waals surface area (Å²) >= 11 is 6.83. The van der Waals surface area contributed by atoms with Gasteiger partial charge in [0.15, 0.2) is 5.82 Å². The standard InChI is InChI=1S/C22H25ClN6OS/c1-12-15(14-8-7-9-18-16(14)11-24-29(18)31(5,6)30)10-17(23)19-20(12)28-13(2)26-27-21(28)22(3,4)25-19/h7-11,25,31H,1-6H3. The van der Waals surface area contributed by atoms with Gasteiger partial charge in [-0.1, -0.05) is 23.7 Å². The second-order valence-corrected chi connectivity index (χ2v) is 12.4. The van der Waals surface area contributed by atoms with Crippen LogP contribution in [0, 0.1) is 13.8 Å². The van der Waals surface area contributed by atoms with Crippen LogP contribution in [0.25, 0.3) is 27.7 Å². The van der Waals surface area contributed by atoms with Crippen molar-refractivity contribution in [2.24, 2.45) is 0 Å². The normalized spacial score (nSPS) is 15.5. The van der Waals surface area contributed by atoms with Crippen molar-refractivity contribution in [2.45, 2.75) is 33.2 Å². The van der Waals surface area contributed by atoms with Crippen molar-refractivity contribution < 1.29 is 4.21 Å². The van der Waals surface area contributed by atoms with Crippen LogP contribution in [0.15, 0.2) is 30.5 Å². The van der Waals surface area contributed by atoms with Gasteiger partial charge < -0.3 is 5.32 Å². The van der Waals surface area contributed by atoms with E-state index in [0.717, 1.165) is 50.6 Å². The van der Waals surface area contributed by atoms with Gasteiger partial charge in [0.2, 0.25) is 0 Å². The third kappa shape index (κ3) is 2.85. The first kappa shape index (κ1) is 20.2. The molecule has 2 aromatic carbocycles. The minimum Gasteiger partial charge on any atom is -0.370 e. The molecule has 7 nitrogen and oxygen atoms in total. The molecule has 0 atom stereocenters. The largest absolute Gasteiger partial charge is 0.370 e. The zero-order valence-corrected chi connectivity index (χ0v) is 20.0. The van der Waals surface area contributed by atoms with Gasteiger partial charge in [0.05, 0.1) is 33.6 Å². The maximum atomic E-state index is 12.7. The number of aromatic nitrogens is 5. The monoisotopic (exact) mass is 456 g/mol. The average molecular weight is 457 g/mol. The molecule has 0 radical (unpaired) electrons. The van der Waals surface area contributed by atoms with Crippen LogP contribution >= 0.6 is 11.6 Å². The van der Waals surface area contributed by atoms with Gasteiger partial charge in [0, 0.05) is 17.9 Å². The van der Waals surface area contributed by atoms with E-state index in [0.29, 0.717) is 5.02 Å². The fourth-order valence-corrected chi connectivity index (χ4v) is 5.71. The molecule has 0 unspecified atom stereocenters. The Hall–Kier alpha value is -2.71. The molecule has 0 fully saturated rings. The van der Waals surface area contributed by atoms with Crippen molar-refractivity contribution in [1.82, 2.24) is 24.0 Å². The summed E-state index contributed by atoms with van der Waals surface area (Å²) in [5.74, 6) is 1.66. The van der Waals surface area contributed by atoms with Gasteiger partial charge in [-0.2, -0.15) is 5.10 Å². The third-order valence-electron chi connectivity index (χ3n) is 5.89. The van der Waals surface area contributed by atoms with Crippen LogP contribution in [0.3, 0.4) is 0 Å². The van der Waals surface area contributed by atoms with E-state index < -0.39 is 15.7 Å². The van der Waals surface area contributed by atoms with Gasteiger partial charge in [-0.05, 0) is 66.6 Å². The zero-order valence-electron chi connectivity index (χ0n) is 18.4. The van der Waals surface area contributed by atoms with Crippen molar-refractivity contribution in [3.05, 3.63) is 52.7 Å². The molecule has 31 heavy (non-hydrogen) atoms. The van der Waals surface area contributed by atoms with E-state index in [1.54, 1.807) is 22.8 Å². The molecule has 4 aromatic rings. The summed E-state index contributed by atoms with van der Waals surface area (Å²) in [4.78, 5) is 0. The number of hydrogen-bond donors (Lipinski definition) is 2. The molecule has 0 amide bonds. The molecule has 3 heterocycles. The third-order valence-corrected chi connectivity index (χ3v) is 7.42. The lowest BCUT2D eigenvalue weighted by atomic mass is 9.92. The highest BCUT2D eigenvalue weighted by molar-refractivity contribution is 8.00. The van der Waals surface area contributed by atoms with Gasteiger partial charge in [0.1, 0.15) is 5.82 Å². The Kier molecular flexibility index (Phi) is 4.17. The Morgan fingerprint density at radius 1 is 1.13 bits per heavy atom. The number of hydrogen-bond acceptors (Lipinski definition) is 5. The van der Waals surface area contributed by atoms with Gasteiger partial charge in [0.25, 0.3) is 0 Å². The summed E-state index contributed by atoms with van der Waals surface area (Å²) in [6.45, 7) is 8.17. The highest BCUT2D eigenvalue weighted by Gasteiger charge is 2.36. The maximum absolute atomic E-state index is 12.7. The second-order valence-electron chi connectivity index (χ2n) is 8.98. The van der Waals surface area contributed by atoms with Crippen molar-refractivity contribution in [3.63, 3.8) is 0 Å². The topological polar surface area (TPSA) is 77.6 Å². The van der Waals surface area contributed by atoms with Crippen LogP contribution in [0.4, 0.5) is 5.69 Å².